The van der Waals surface area contributed by atoms with Gasteiger partial charge in [0, 0.05) is 28.5 Å². The number of benzene rings is 1. The highest BCUT2D eigenvalue weighted by molar-refractivity contribution is 6.30. The molecule has 0 bridgehead atoms. The molecule has 10 nitrogen and oxygen atoms in total. The van der Waals surface area contributed by atoms with E-state index in [2.05, 4.69) is 30.7 Å². The maximum atomic E-state index is 11.5. The maximum absolute atomic E-state index is 11.5. The lowest BCUT2D eigenvalue weighted by molar-refractivity contribution is 0.454. The van der Waals surface area contributed by atoms with Gasteiger partial charge in [-0.15, -0.1) is 0 Å². The molecule has 0 amide bonds. The number of fused-ring (bicyclic) bond motifs is 1. The Morgan fingerprint density at radius 2 is 2.23 bits per heavy atom. The number of imidazole rings is 1. The fraction of sp³-hybridized carbons (Fsp3) is 0.200. The monoisotopic (exact) mass is 438 g/mol. The molecule has 1 atom stereocenters. The number of rotatable bonds is 4. The molecule has 5 rings (SSSR count). The number of H-pyrrole nitrogens is 2. The third kappa shape index (κ3) is 4.03. The van der Waals surface area contributed by atoms with Gasteiger partial charge in [-0.25, -0.2) is 9.78 Å². The van der Waals surface area contributed by atoms with Crippen LogP contribution in [-0.4, -0.2) is 48.8 Å². The standard InChI is InChI=1S/C20H19ClN8O2/c21-12-2-1-3-13(7-12)24-16-8-17(25-14-4-5-22-10-14)29-18(27-16)11(9-23-29)6-15-19(30)28-20(31)26-15/h1-3,6-9,14,22,24,30H,4-5,10H2,(H2,26,28,31). The smallest absolute Gasteiger partial charge is 0.326 e. The fourth-order valence-electron chi connectivity index (χ4n) is 3.52. The molecule has 0 radical (unpaired) electrons. The van der Waals surface area contributed by atoms with Crippen molar-refractivity contribution in [2.75, 3.05) is 18.4 Å². The van der Waals surface area contributed by atoms with E-state index in [-0.39, 0.29) is 17.6 Å². The fourth-order valence-corrected chi connectivity index (χ4v) is 3.71. The van der Waals surface area contributed by atoms with Crippen LogP contribution in [0.25, 0.3) is 11.7 Å². The van der Waals surface area contributed by atoms with Gasteiger partial charge in [-0.05, 0) is 37.2 Å². The molecule has 1 saturated heterocycles. The van der Waals surface area contributed by atoms with Crippen molar-refractivity contribution in [1.29, 1.82) is 0 Å². The summed E-state index contributed by atoms with van der Waals surface area (Å²) >= 11 is 6.11. The van der Waals surface area contributed by atoms with E-state index in [0.29, 0.717) is 27.2 Å². The Balaban J connectivity index is 1.68. The Labute approximate surface area is 180 Å². The predicted molar refractivity (Wildman–Crippen MR) is 116 cm³/mol. The molecule has 5 N–H and O–H groups in total. The minimum atomic E-state index is -0.499. The minimum absolute atomic E-state index is 0.145. The van der Waals surface area contributed by atoms with Crippen LogP contribution in [0.5, 0.6) is 5.88 Å². The summed E-state index contributed by atoms with van der Waals surface area (Å²) in [6, 6.07) is 9.32. The third-order valence-electron chi connectivity index (χ3n) is 4.96. The molecule has 1 aromatic carbocycles. The van der Waals surface area contributed by atoms with Crippen LogP contribution in [0.4, 0.5) is 11.5 Å². The molecule has 1 aliphatic heterocycles. The van der Waals surface area contributed by atoms with Gasteiger partial charge in [0.25, 0.3) is 0 Å². The number of nitrogens with zero attached hydrogens (tertiary/aromatic N) is 4. The topological polar surface area (TPSA) is 135 Å². The number of nitrogens with one attached hydrogen (secondary N) is 4. The van der Waals surface area contributed by atoms with Crippen LogP contribution in [-0.2, 0) is 0 Å². The highest BCUT2D eigenvalue weighted by atomic mass is 35.5. The van der Waals surface area contributed by atoms with E-state index in [1.807, 2.05) is 18.2 Å². The van der Waals surface area contributed by atoms with Gasteiger partial charge in [-0.1, -0.05) is 17.7 Å². The number of hydrogen-bond acceptors (Lipinski definition) is 7. The molecule has 0 aliphatic carbocycles. The number of aromatic nitrogens is 5. The van der Waals surface area contributed by atoms with Crippen molar-refractivity contribution in [1.82, 2.24) is 29.9 Å². The quantitative estimate of drug-likeness (QED) is 0.317. The zero-order valence-corrected chi connectivity index (χ0v) is 17.0. The molecule has 1 aliphatic rings. The van der Waals surface area contributed by atoms with Crippen LogP contribution in [0.15, 0.2) is 46.3 Å². The van der Waals surface area contributed by atoms with Gasteiger partial charge in [0.1, 0.15) is 11.5 Å². The summed E-state index contributed by atoms with van der Waals surface area (Å²) in [5.74, 6) is 0.320. The van der Waals surface area contributed by atoms with Crippen molar-refractivity contribution in [3.05, 3.63) is 68.4 Å². The first-order valence-corrected chi connectivity index (χ1v) is 10.1. The van der Waals surface area contributed by atoms with E-state index in [1.165, 1.54) is 0 Å². The van der Waals surface area contributed by atoms with Gasteiger partial charge >= 0.3 is 5.69 Å². The molecule has 31 heavy (non-hydrogen) atoms. The van der Waals surface area contributed by atoms with Crippen LogP contribution in [0.2, 0.25) is 5.02 Å². The van der Waals surface area contributed by atoms with Crippen molar-refractivity contribution in [2.45, 2.75) is 12.5 Å². The van der Waals surface area contributed by atoms with Gasteiger partial charge in [0.15, 0.2) is 11.1 Å². The Morgan fingerprint density at radius 1 is 1.32 bits per heavy atom. The summed E-state index contributed by atoms with van der Waals surface area (Å²) in [7, 11) is 0. The lowest BCUT2D eigenvalue weighted by Crippen LogP contribution is -2.23. The van der Waals surface area contributed by atoms with Crippen molar-refractivity contribution in [3.8, 4) is 5.88 Å². The molecule has 11 heteroatoms. The summed E-state index contributed by atoms with van der Waals surface area (Å²) in [6.07, 6.45) is 4.16. The van der Waals surface area contributed by atoms with Crippen molar-refractivity contribution in [2.24, 2.45) is 4.99 Å². The summed E-state index contributed by atoms with van der Waals surface area (Å²) in [5, 5.41) is 22.1. The van der Waals surface area contributed by atoms with Crippen molar-refractivity contribution < 1.29 is 5.11 Å². The second-order valence-corrected chi connectivity index (χ2v) is 7.67. The number of aromatic hydroxyl groups is 1. The summed E-state index contributed by atoms with van der Waals surface area (Å²) in [4.78, 5) is 25.8. The first kappa shape index (κ1) is 19.3. The number of hydrogen-bond donors (Lipinski definition) is 5. The van der Waals surface area contributed by atoms with Gasteiger partial charge in [0.2, 0.25) is 5.88 Å². The van der Waals surface area contributed by atoms with Crippen LogP contribution in [0.3, 0.4) is 0 Å². The summed E-state index contributed by atoms with van der Waals surface area (Å²) in [5.41, 5.74) is 1.71. The maximum Gasteiger partial charge on any atom is 0.326 e. The molecule has 158 valence electrons. The van der Waals surface area contributed by atoms with E-state index in [4.69, 9.17) is 16.6 Å². The molecule has 0 saturated carbocycles. The SMILES string of the molecule is O=c1[nH]c(O)c(C=c2cnn3c(=NC4CCNC4)cc(Nc4cccc(Cl)c4)nc23)[nH]1. The third-order valence-corrected chi connectivity index (χ3v) is 5.20. The Kier molecular flexibility index (Phi) is 4.92. The van der Waals surface area contributed by atoms with Crippen LogP contribution in [0, 0.1) is 0 Å². The largest absolute Gasteiger partial charge is 0.493 e. The van der Waals surface area contributed by atoms with E-state index < -0.39 is 5.69 Å². The highest BCUT2D eigenvalue weighted by Crippen LogP contribution is 2.18. The highest BCUT2D eigenvalue weighted by Gasteiger charge is 2.14. The van der Waals surface area contributed by atoms with Crippen LogP contribution < -0.4 is 27.0 Å². The molecule has 4 aromatic rings. The van der Waals surface area contributed by atoms with E-state index in [9.17, 15) is 9.90 Å². The summed E-state index contributed by atoms with van der Waals surface area (Å²) < 4.78 is 1.65. The van der Waals surface area contributed by atoms with E-state index in [0.717, 1.165) is 25.2 Å². The molecule has 1 fully saturated rings. The Morgan fingerprint density at radius 3 is 2.97 bits per heavy atom. The first-order chi connectivity index (χ1) is 15.0. The molecular formula is C20H19ClN8O2. The Hall–Kier alpha value is -3.63. The average molecular weight is 439 g/mol. The van der Waals surface area contributed by atoms with Gasteiger partial charge in [-0.2, -0.15) is 9.61 Å². The van der Waals surface area contributed by atoms with Crippen LogP contribution >= 0.6 is 11.6 Å². The van der Waals surface area contributed by atoms with Crippen molar-refractivity contribution in [3.63, 3.8) is 0 Å². The molecule has 0 spiro atoms. The zero-order chi connectivity index (χ0) is 21.4. The van der Waals surface area contributed by atoms with E-state index in [1.54, 1.807) is 28.9 Å². The second kappa shape index (κ2) is 7.89. The lowest BCUT2D eigenvalue weighted by atomic mass is 10.3. The Bertz CT molecular complexity index is 1430. The lowest BCUT2D eigenvalue weighted by Gasteiger charge is -2.08. The predicted octanol–water partition coefficient (Wildman–Crippen LogP) is 0.659. The number of anilines is 2. The number of halogens is 1. The first-order valence-electron chi connectivity index (χ1n) is 9.74. The average Bonchev–Trinajstić information content (AvgIpc) is 3.44. The zero-order valence-electron chi connectivity index (χ0n) is 16.3. The molecule has 4 heterocycles. The molecular weight excluding hydrogens is 420 g/mol. The van der Waals surface area contributed by atoms with Crippen molar-refractivity contribution >= 4 is 34.8 Å². The number of aromatic amines is 2. The normalized spacial score (nSPS) is 17.6. The van der Waals surface area contributed by atoms with Crippen LogP contribution in [0.1, 0.15) is 12.1 Å². The van der Waals surface area contributed by atoms with Gasteiger partial charge in [0.05, 0.1) is 12.2 Å². The minimum Gasteiger partial charge on any atom is -0.493 e. The van der Waals surface area contributed by atoms with E-state index >= 15 is 0 Å². The second-order valence-electron chi connectivity index (χ2n) is 7.23. The van der Waals surface area contributed by atoms with Gasteiger partial charge in [-0.3, -0.25) is 9.98 Å². The van der Waals surface area contributed by atoms with Gasteiger partial charge < -0.3 is 20.7 Å². The summed E-state index contributed by atoms with van der Waals surface area (Å²) in [6.45, 7) is 1.73. The molecule has 1 unspecified atom stereocenters. The molecule has 3 aromatic heterocycles.